The van der Waals surface area contributed by atoms with E-state index in [4.69, 9.17) is 9.97 Å². The van der Waals surface area contributed by atoms with E-state index in [-0.39, 0.29) is 5.82 Å². The number of hydrogen-bond acceptors (Lipinski definition) is 4. The molecule has 0 aliphatic carbocycles. The molecule has 0 radical (unpaired) electrons. The Balaban J connectivity index is 1.47. The molecule has 1 saturated heterocycles. The Morgan fingerprint density at radius 2 is 0.824 bits per heavy atom. The summed E-state index contributed by atoms with van der Waals surface area (Å²) in [6.07, 6.45) is 0. The second-order valence-electron chi connectivity index (χ2n) is 12.8. The van der Waals surface area contributed by atoms with Crippen LogP contribution in [0.3, 0.4) is 0 Å². The molecule has 1 aromatic heterocycles. The van der Waals surface area contributed by atoms with E-state index in [2.05, 4.69) is 0 Å². The Labute approximate surface area is 295 Å². The number of anilines is 1. The third-order valence-corrected chi connectivity index (χ3v) is 10.2. The fourth-order valence-corrected chi connectivity index (χ4v) is 8.11. The molecule has 1 aliphatic rings. The van der Waals surface area contributed by atoms with Crippen molar-refractivity contribution in [1.29, 1.82) is 0 Å². The topological polar surface area (TPSA) is 63.2 Å². The van der Waals surface area contributed by atoms with Crippen molar-refractivity contribution in [2.45, 2.75) is 10.8 Å². The van der Waals surface area contributed by atoms with Gasteiger partial charge in [0.2, 0.25) is 0 Å². The average Bonchev–Trinajstić information content (AvgIpc) is 3.42. The van der Waals surface area contributed by atoms with Crippen LogP contribution < -0.4 is 4.90 Å². The zero-order valence-electron chi connectivity index (χ0n) is 27.6. The molecule has 1 fully saturated rings. The fourth-order valence-electron chi connectivity index (χ4n) is 8.11. The predicted molar refractivity (Wildman–Crippen MR) is 202 cm³/mol. The number of imide groups is 1. The Morgan fingerprint density at radius 1 is 0.412 bits per heavy atom. The molecule has 51 heavy (non-hydrogen) atoms. The molecular weight excluding hydrogens is 627 g/mol. The number of aromatic nitrogens is 2. The van der Waals surface area contributed by atoms with Gasteiger partial charge < -0.3 is 0 Å². The summed E-state index contributed by atoms with van der Waals surface area (Å²) in [6.45, 7) is 0. The minimum Gasteiger partial charge on any atom is -0.272 e. The summed E-state index contributed by atoms with van der Waals surface area (Å²) in [6, 6.07) is 60.4. The molecule has 242 valence electrons. The maximum atomic E-state index is 16.2. The quantitative estimate of drug-likeness (QED) is 0.132. The van der Waals surface area contributed by atoms with E-state index in [1.807, 2.05) is 188 Å². The third kappa shape index (κ3) is 4.35. The first-order chi connectivity index (χ1) is 25.2. The lowest BCUT2D eigenvalue weighted by molar-refractivity contribution is -0.122. The predicted octanol–water partition coefficient (Wildman–Crippen LogP) is 9.30. The molecule has 2 amide bonds. The first-order valence-corrected chi connectivity index (χ1v) is 17.0. The van der Waals surface area contributed by atoms with Crippen molar-refractivity contribution < 1.29 is 9.59 Å². The molecule has 0 atom stereocenters. The Morgan fingerprint density at radius 3 is 1.29 bits per heavy atom. The van der Waals surface area contributed by atoms with Gasteiger partial charge in [0.1, 0.15) is 16.5 Å². The van der Waals surface area contributed by atoms with E-state index in [1.54, 1.807) is 0 Å². The molecule has 8 aromatic rings. The van der Waals surface area contributed by atoms with Crippen LogP contribution in [0.15, 0.2) is 188 Å². The van der Waals surface area contributed by atoms with Crippen LogP contribution in [0.25, 0.3) is 33.1 Å². The highest BCUT2D eigenvalue weighted by Gasteiger charge is 2.73. The summed E-state index contributed by atoms with van der Waals surface area (Å²) in [5.74, 6) is -0.600. The molecule has 5 heteroatoms. The van der Waals surface area contributed by atoms with E-state index in [1.165, 1.54) is 4.90 Å². The molecular formula is C46H31N3O2. The molecule has 0 saturated carbocycles. The van der Waals surface area contributed by atoms with Gasteiger partial charge in [-0.05, 0) is 33.7 Å². The van der Waals surface area contributed by atoms with Gasteiger partial charge >= 0.3 is 0 Å². The molecule has 0 unspecified atom stereocenters. The summed E-state index contributed by atoms with van der Waals surface area (Å²) >= 11 is 0. The molecule has 0 spiro atoms. The van der Waals surface area contributed by atoms with Crippen molar-refractivity contribution in [3.63, 3.8) is 0 Å². The number of benzene rings is 7. The number of amides is 2. The fraction of sp³-hybridized carbons (Fsp3) is 0.0435. The van der Waals surface area contributed by atoms with Gasteiger partial charge in [0.15, 0.2) is 5.82 Å². The van der Waals surface area contributed by atoms with Gasteiger partial charge in [-0.15, -0.1) is 0 Å². The smallest absolute Gasteiger partial charge is 0.252 e. The molecule has 5 nitrogen and oxygen atoms in total. The number of carbonyl (C=O) groups excluding carboxylic acids is 2. The molecule has 0 bridgehead atoms. The Bertz CT molecular complexity index is 2380. The van der Waals surface area contributed by atoms with Crippen LogP contribution in [0.5, 0.6) is 0 Å². The van der Waals surface area contributed by atoms with Crippen molar-refractivity contribution in [2.24, 2.45) is 0 Å². The Kier molecular flexibility index (Phi) is 7.14. The van der Waals surface area contributed by atoms with Crippen LogP contribution in [0.4, 0.5) is 5.82 Å². The van der Waals surface area contributed by atoms with Crippen LogP contribution >= 0.6 is 0 Å². The number of carbonyl (C=O) groups is 2. The van der Waals surface area contributed by atoms with Crippen LogP contribution in [-0.4, -0.2) is 21.8 Å². The summed E-state index contributed by atoms with van der Waals surface area (Å²) < 4.78 is 0. The molecule has 2 heterocycles. The molecule has 9 rings (SSSR count). The normalized spacial score (nSPS) is 15.0. The van der Waals surface area contributed by atoms with Crippen molar-refractivity contribution in [3.05, 3.63) is 210 Å². The van der Waals surface area contributed by atoms with Crippen molar-refractivity contribution >= 4 is 39.4 Å². The summed E-state index contributed by atoms with van der Waals surface area (Å²) in [5.41, 5.74) is 2.20. The van der Waals surface area contributed by atoms with Crippen molar-refractivity contribution in [3.8, 4) is 11.3 Å². The summed E-state index contributed by atoms with van der Waals surface area (Å²) in [4.78, 5) is 44.3. The highest BCUT2D eigenvalue weighted by Crippen LogP contribution is 2.60. The van der Waals surface area contributed by atoms with Crippen molar-refractivity contribution in [2.75, 3.05) is 4.90 Å². The first kappa shape index (κ1) is 30.3. The second-order valence-corrected chi connectivity index (χ2v) is 12.8. The minimum atomic E-state index is -1.54. The number of fused-ring (bicyclic) bond motifs is 3. The zero-order chi connectivity index (χ0) is 34.4. The lowest BCUT2D eigenvalue weighted by Crippen LogP contribution is -2.53. The average molecular weight is 658 g/mol. The maximum Gasteiger partial charge on any atom is 0.252 e. The van der Waals surface area contributed by atoms with E-state index in [9.17, 15) is 0 Å². The molecule has 7 aromatic carbocycles. The van der Waals surface area contributed by atoms with E-state index >= 15 is 9.59 Å². The van der Waals surface area contributed by atoms with Crippen molar-refractivity contribution in [1.82, 2.24) is 9.97 Å². The van der Waals surface area contributed by atoms with Gasteiger partial charge in [-0.3, -0.25) is 9.59 Å². The lowest BCUT2D eigenvalue weighted by atomic mass is 9.53. The summed E-state index contributed by atoms with van der Waals surface area (Å²) in [5, 5.41) is 1.87. The second kappa shape index (κ2) is 12.0. The van der Waals surface area contributed by atoms with Gasteiger partial charge in [-0.1, -0.05) is 182 Å². The van der Waals surface area contributed by atoms with Gasteiger partial charge in [0.05, 0.1) is 11.0 Å². The number of nitrogens with zero attached hydrogens (tertiary/aromatic N) is 3. The minimum absolute atomic E-state index is 0.199. The van der Waals surface area contributed by atoms with E-state index in [0.717, 1.165) is 16.3 Å². The number of rotatable bonds is 6. The van der Waals surface area contributed by atoms with E-state index in [0.29, 0.717) is 39.0 Å². The highest BCUT2D eigenvalue weighted by molar-refractivity contribution is 6.32. The van der Waals surface area contributed by atoms with Gasteiger partial charge in [-0.2, -0.15) is 0 Å². The van der Waals surface area contributed by atoms with Crippen LogP contribution in [0.1, 0.15) is 22.3 Å². The van der Waals surface area contributed by atoms with Gasteiger partial charge in [0, 0.05) is 10.9 Å². The molecule has 0 N–H and O–H groups in total. The first-order valence-electron chi connectivity index (χ1n) is 17.0. The SMILES string of the molecule is O=C1N(c2nc3c(ccc4ccccc43)nc2-c2ccccc2)C(=O)C(c2ccccc2)(c2ccccc2)C1(c1ccccc1)c1ccccc1. The van der Waals surface area contributed by atoms with Gasteiger partial charge in [0.25, 0.3) is 11.8 Å². The standard InChI is InChI=1S/C46H31N3O2/c50-43-45(34-21-8-2-9-22-34,35-23-10-3-11-24-35)46(36-25-12-4-13-26-36,37-27-14-5-15-28-37)44(51)49(43)42-40(33-19-6-1-7-20-33)47-39-31-30-32-18-16-17-29-38(32)41(39)48-42/h1-31H. The largest absolute Gasteiger partial charge is 0.272 e. The van der Waals surface area contributed by atoms with Crippen LogP contribution in [0, 0.1) is 0 Å². The summed E-state index contributed by atoms with van der Waals surface area (Å²) in [7, 11) is 0. The lowest BCUT2D eigenvalue weighted by Gasteiger charge is -2.43. The highest BCUT2D eigenvalue weighted by atomic mass is 16.2. The number of hydrogen-bond donors (Lipinski definition) is 0. The monoisotopic (exact) mass is 657 g/mol. The van der Waals surface area contributed by atoms with E-state index < -0.39 is 22.6 Å². The van der Waals surface area contributed by atoms with Crippen LogP contribution in [-0.2, 0) is 20.4 Å². The zero-order valence-corrected chi connectivity index (χ0v) is 27.6. The third-order valence-electron chi connectivity index (χ3n) is 10.2. The maximum absolute atomic E-state index is 16.2. The Hall–Kier alpha value is -6.72. The van der Waals surface area contributed by atoms with Crippen LogP contribution in [0.2, 0.25) is 0 Å². The molecule has 1 aliphatic heterocycles. The van der Waals surface area contributed by atoms with Gasteiger partial charge in [-0.25, -0.2) is 14.9 Å².